The van der Waals surface area contributed by atoms with Crippen LogP contribution in [0.25, 0.3) is 6.08 Å². The van der Waals surface area contributed by atoms with Crippen LogP contribution in [0.15, 0.2) is 29.1 Å². The van der Waals surface area contributed by atoms with Crippen molar-refractivity contribution in [2.24, 2.45) is 0 Å². The Hall–Kier alpha value is -3.54. The monoisotopic (exact) mass is 532 g/mol. The summed E-state index contributed by atoms with van der Waals surface area (Å²) in [6, 6.07) is 3.55. The van der Waals surface area contributed by atoms with Gasteiger partial charge in [-0.2, -0.15) is 8.42 Å². The number of benzene rings is 1. The van der Waals surface area contributed by atoms with Gasteiger partial charge in [0, 0.05) is 26.6 Å². The first-order valence-electron chi connectivity index (χ1n) is 12.1. The first kappa shape index (κ1) is 26.5. The Morgan fingerprint density at radius 1 is 1.16 bits per heavy atom. The quantitative estimate of drug-likeness (QED) is 0.589. The van der Waals surface area contributed by atoms with Crippen LogP contribution >= 0.6 is 0 Å². The maximum absolute atomic E-state index is 13.9. The molecule has 0 spiro atoms. The highest BCUT2D eigenvalue weighted by molar-refractivity contribution is 7.86. The minimum absolute atomic E-state index is 0.0288. The first-order chi connectivity index (χ1) is 17.5. The predicted molar refractivity (Wildman–Crippen MR) is 134 cm³/mol. The van der Waals surface area contributed by atoms with Gasteiger partial charge in [0.2, 0.25) is 11.7 Å². The van der Waals surface area contributed by atoms with Gasteiger partial charge in [-0.15, -0.1) is 0 Å². The average Bonchev–Trinajstić information content (AvgIpc) is 3.05. The normalized spacial score (nSPS) is 20.0. The average molecular weight is 533 g/mol. The second-order valence-corrected chi connectivity index (χ2v) is 10.8. The number of fused-ring (bicyclic) bond motifs is 2. The summed E-state index contributed by atoms with van der Waals surface area (Å²) < 4.78 is 44.1. The van der Waals surface area contributed by atoms with Gasteiger partial charge in [-0.25, -0.2) is 9.37 Å². The van der Waals surface area contributed by atoms with Crippen molar-refractivity contribution in [3.8, 4) is 5.75 Å². The van der Waals surface area contributed by atoms with Gasteiger partial charge in [0.25, 0.3) is 11.5 Å². The predicted octanol–water partition coefficient (Wildman–Crippen LogP) is 2.53. The van der Waals surface area contributed by atoms with Crippen LogP contribution in [0.4, 0.5) is 4.39 Å². The fourth-order valence-electron chi connectivity index (χ4n) is 4.58. The fraction of sp³-hybridized carbons (Fsp3) is 0.440. The molecule has 2 amide bonds. The second-order valence-electron chi connectivity index (χ2n) is 9.23. The van der Waals surface area contributed by atoms with E-state index in [-0.39, 0.29) is 31.2 Å². The van der Waals surface area contributed by atoms with Gasteiger partial charge in [-0.05, 0) is 55.4 Å². The topological polar surface area (TPSA) is 128 Å². The number of amides is 2. The highest BCUT2D eigenvalue weighted by atomic mass is 32.2. The number of rotatable bonds is 2. The summed E-state index contributed by atoms with van der Waals surface area (Å²) in [6.45, 7) is 0.213. The summed E-state index contributed by atoms with van der Waals surface area (Å²) in [5, 5.41) is 2.65. The number of halogens is 1. The minimum atomic E-state index is -4.17. The van der Waals surface area contributed by atoms with Crippen molar-refractivity contribution in [2.75, 3.05) is 13.3 Å². The maximum atomic E-state index is 13.9. The molecular weight excluding hydrogens is 503 g/mol. The van der Waals surface area contributed by atoms with Crippen molar-refractivity contribution in [3.05, 3.63) is 63.1 Å². The number of carbonyl (C=O) groups excluding carboxylic acids is 2. The first-order valence-corrected chi connectivity index (χ1v) is 13.9. The lowest BCUT2D eigenvalue weighted by Gasteiger charge is -2.28. The lowest BCUT2D eigenvalue weighted by atomic mass is 10.0. The van der Waals surface area contributed by atoms with Crippen molar-refractivity contribution in [1.29, 1.82) is 0 Å². The number of allylic oxidation sites excluding steroid dienone is 1. The SMILES string of the molecule is CN1C(=O)CCC/C=C/c2cc(F)ccc2CNC(=O)c2nc3n(c(=O)c2OS(C)(=O)=O)CCCCC31. The van der Waals surface area contributed by atoms with Crippen molar-refractivity contribution < 1.29 is 26.6 Å². The van der Waals surface area contributed by atoms with Gasteiger partial charge in [0.15, 0.2) is 5.69 Å². The fourth-order valence-corrected chi connectivity index (χ4v) is 5.03. The van der Waals surface area contributed by atoms with Crippen molar-refractivity contribution in [3.63, 3.8) is 0 Å². The molecule has 1 atom stereocenters. The molecular formula is C25H29FN4O6S. The molecule has 37 heavy (non-hydrogen) atoms. The van der Waals surface area contributed by atoms with E-state index in [9.17, 15) is 27.2 Å². The van der Waals surface area contributed by atoms with E-state index >= 15 is 0 Å². The summed E-state index contributed by atoms with van der Waals surface area (Å²) in [5.41, 5.74) is -0.150. The third kappa shape index (κ3) is 6.07. The van der Waals surface area contributed by atoms with E-state index in [2.05, 4.69) is 10.3 Å². The molecule has 3 heterocycles. The Bertz CT molecular complexity index is 1420. The highest BCUT2D eigenvalue weighted by Crippen LogP contribution is 2.30. The van der Waals surface area contributed by atoms with E-state index in [1.165, 1.54) is 27.7 Å². The van der Waals surface area contributed by atoms with Crippen molar-refractivity contribution in [2.45, 2.75) is 57.7 Å². The summed E-state index contributed by atoms with van der Waals surface area (Å²) in [4.78, 5) is 45.7. The molecule has 4 rings (SSSR count). The molecule has 2 aliphatic heterocycles. The lowest BCUT2D eigenvalue weighted by Crippen LogP contribution is -2.38. The number of hydrogen-bond donors (Lipinski definition) is 1. The summed E-state index contributed by atoms with van der Waals surface area (Å²) >= 11 is 0. The van der Waals surface area contributed by atoms with Gasteiger partial charge in [0.05, 0.1) is 12.3 Å². The highest BCUT2D eigenvalue weighted by Gasteiger charge is 2.33. The third-order valence-electron chi connectivity index (χ3n) is 6.48. The zero-order valence-electron chi connectivity index (χ0n) is 20.7. The molecule has 0 fully saturated rings. The molecule has 2 aromatic rings. The van der Waals surface area contributed by atoms with Crippen LogP contribution in [0.1, 0.15) is 72.0 Å². The smallest absolute Gasteiger partial charge is 0.306 e. The van der Waals surface area contributed by atoms with E-state index < -0.39 is 44.9 Å². The van der Waals surface area contributed by atoms with Crippen LogP contribution in [0, 0.1) is 5.82 Å². The van der Waals surface area contributed by atoms with Crippen molar-refractivity contribution in [1.82, 2.24) is 19.8 Å². The Kier molecular flexibility index (Phi) is 7.76. The summed E-state index contributed by atoms with van der Waals surface area (Å²) in [6.07, 6.45) is 7.60. The zero-order valence-corrected chi connectivity index (χ0v) is 21.5. The minimum Gasteiger partial charge on any atom is -0.374 e. The lowest BCUT2D eigenvalue weighted by molar-refractivity contribution is -0.132. The molecule has 1 aromatic carbocycles. The van der Waals surface area contributed by atoms with Gasteiger partial charge in [-0.3, -0.25) is 19.0 Å². The van der Waals surface area contributed by atoms with Gasteiger partial charge in [-0.1, -0.05) is 18.2 Å². The summed E-state index contributed by atoms with van der Waals surface area (Å²) in [5.74, 6) is -1.92. The molecule has 12 heteroatoms. The van der Waals surface area contributed by atoms with Crippen molar-refractivity contribution >= 4 is 28.0 Å². The van der Waals surface area contributed by atoms with Crippen LogP contribution in [-0.4, -0.2) is 48.0 Å². The summed E-state index contributed by atoms with van der Waals surface area (Å²) in [7, 11) is -2.53. The van der Waals surface area contributed by atoms with Crippen LogP contribution < -0.4 is 15.1 Å². The molecule has 1 unspecified atom stereocenters. The number of nitrogens with zero attached hydrogens (tertiary/aromatic N) is 3. The molecule has 0 saturated carbocycles. The maximum Gasteiger partial charge on any atom is 0.306 e. The Labute approximate surface area is 214 Å². The number of aromatic nitrogens is 2. The largest absolute Gasteiger partial charge is 0.374 e. The van der Waals surface area contributed by atoms with E-state index in [4.69, 9.17) is 4.18 Å². The number of carbonyl (C=O) groups is 2. The molecule has 2 bridgehead atoms. The molecule has 1 N–H and O–H groups in total. The number of hydrogen-bond acceptors (Lipinski definition) is 7. The van der Waals surface area contributed by atoms with E-state index in [0.29, 0.717) is 43.2 Å². The standard InChI is InChI=1S/C25H29FN4O6S/c1-29-19-9-6-7-13-30-23(19)28-21(22(25(30)33)36-37(2,34)35)24(32)27-15-17-11-12-18(26)14-16(17)8-4-3-5-10-20(29)31/h4,8,11-12,14,19H,3,5-7,9-10,13,15H2,1-2H3,(H,27,32)/b8-4+. The van der Waals surface area contributed by atoms with Crippen LogP contribution in [-0.2, 0) is 28.0 Å². The molecule has 198 valence electrons. The zero-order chi connectivity index (χ0) is 26.7. The molecule has 0 radical (unpaired) electrons. The number of nitrogens with one attached hydrogen (secondary N) is 1. The molecule has 10 nitrogen and oxygen atoms in total. The third-order valence-corrected chi connectivity index (χ3v) is 6.95. The van der Waals surface area contributed by atoms with Gasteiger partial charge in [0.1, 0.15) is 11.6 Å². The Morgan fingerprint density at radius 3 is 2.70 bits per heavy atom. The molecule has 0 saturated heterocycles. The van der Waals surface area contributed by atoms with Crippen LogP contribution in [0.2, 0.25) is 0 Å². The molecule has 1 aromatic heterocycles. The van der Waals surface area contributed by atoms with Gasteiger partial charge >= 0.3 is 10.1 Å². The van der Waals surface area contributed by atoms with E-state index in [0.717, 1.165) is 6.26 Å². The van der Waals surface area contributed by atoms with Gasteiger partial charge < -0.3 is 14.4 Å². The van der Waals surface area contributed by atoms with E-state index in [1.54, 1.807) is 13.1 Å². The van der Waals surface area contributed by atoms with Crippen LogP contribution in [0.3, 0.4) is 0 Å². The Morgan fingerprint density at radius 2 is 1.95 bits per heavy atom. The van der Waals surface area contributed by atoms with E-state index in [1.807, 2.05) is 6.08 Å². The molecule has 0 aliphatic carbocycles. The van der Waals surface area contributed by atoms with Crippen LogP contribution in [0.5, 0.6) is 5.75 Å². The second kappa shape index (κ2) is 10.8. The Balaban J connectivity index is 1.87. The molecule has 2 aliphatic rings.